The molecule has 1 aromatic carbocycles. The van der Waals surface area contributed by atoms with Crippen LogP contribution in [0.5, 0.6) is 0 Å². The molecule has 0 unspecified atom stereocenters. The van der Waals surface area contributed by atoms with Crippen LogP contribution in [0.4, 0.5) is 0 Å². The second kappa shape index (κ2) is 7.05. The molecule has 2 heteroatoms. The van der Waals surface area contributed by atoms with E-state index in [1.165, 1.54) is 0 Å². The highest BCUT2D eigenvalue weighted by molar-refractivity contribution is 5.97. The van der Waals surface area contributed by atoms with Gasteiger partial charge in [0.15, 0.2) is 5.78 Å². The van der Waals surface area contributed by atoms with Crippen molar-refractivity contribution in [2.24, 2.45) is 17.3 Å². The Bertz CT molecular complexity index is 784. The zero-order valence-electron chi connectivity index (χ0n) is 16.4. The molecule has 0 aliphatic heterocycles. The van der Waals surface area contributed by atoms with Gasteiger partial charge < -0.3 is 5.11 Å². The summed E-state index contributed by atoms with van der Waals surface area (Å²) in [6.45, 7) is 8.05. The molecule has 1 fully saturated rings. The molecule has 0 radical (unpaired) electrons. The summed E-state index contributed by atoms with van der Waals surface area (Å²) in [6, 6.07) is 7.82. The van der Waals surface area contributed by atoms with Gasteiger partial charge in [-0.1, -0.05) is 50.0 Å². The number of hydrogen-bond acceptors (Lipinski definition) is 2. The van der Waals surface area contributed by atoms with Crippen LogP contribution in [0, 0.1) is 29.1 Å². The van der Waals surface area contributed by atoms with E-state index in [4.69, 9.17) is 0 Å². The summed E-state index contributed by atoms with van der Waals surface area (Å²) < 4.78 is 0. The SMILES string of the molecule is C[C@H](C#Cc1ccccc1C(C)(C)O)[C@H]1CCC=C2C(=O)CCC[C@@]21C. The first-order valence-corrected chi connectivity index (χ1v) is 9.81. The van der Waals surface area contributed by atoms with Crippen LogP contribution in [-0.4, -0.2) is 10.9 Å². The minimum atomic E-state index is -0.906. The highest BCUT2D eigenvalue weighted by Crippen LogP contribution is 2.51. The van der Waals surface area contributed by atoms with Gasteiger partial charge in [-0.2, -0.15) is 0 Å². The van der Waals surface area contributed by atoms with Crippen LogP contribution < -0.4 is 0 Å². The Morgan fingerprint density at radius 1 is 1.31 bits per heavy atom. The summed E-state index contributed by atoms with van der Waals surface area (Å²) in [5.74, 6) is 7.75. The van der Waals surface area contributed by atoms with Gasteiger partial charge in [-0.3, -0.25) is 4.79 Å². The molecule has 0 amide bonds. The fourth-order valence-electron chi connectivity index (χ4n) is 4.88. The average molecular weight is 351 g/mol. The van der Waals surface area contributed by atoms with Gasteiger partial charge in [0.25, 0.3) is 0 Å². The zero-order chi connectivity index (χ0) is 18.9. The van der Waals surface area contributed by atoms with E-state index in [-0.39, 0.29) is 11.3 Å². The van der Waals surface area contributed by atoms with Crippen molar-refractivity contribution < 1.29 is 9.90 Å². The van der Waals surface area contributed by atoms with Gasteiger partial charge in [0.1, 0.15) is 0 Å². The van der Waals surface area contributed by atoms with Crippen molar-refractivity contribution in [2.45, 2.75) is 65.4 Å². The predicted molar refractivity (Wildman–Crippen MR) is 106 cm³/mol. The Kier molecular flexibility index (Phi) is 5.13. The summed E-state index contributed by atoms with van der Waals surface area (Å²) in [5.41, 5.74) is 1.88. The Morgan fingerprint density at radius 3 is 2.77 bits per heavy atom. The highest BCUT2D eigenvalue weighted by atomic mass is 16.3. The van der Waals surface area contributed by atoms with Crippen LogP contribution in [0.1, 0.15) is 70.9 Å². The molecule has 0 spiro atoms. The van der Waals surface area contributed by atoms with Gasteiger partial charge in [-0.15, -0.1) is 0 Å². The van der Waals surface area contributed by atoms with Crippen molar-refractivity contribution in [1.29, 1.82) is 0 Å². The standard InChI is InChI=1S/C24H30O2/c1-17(14-15-18-9-5-6-10-20(18)23(2,3)26)19-11-7-12-21-22(25)13-8-16-24(19,21)4/h5-6,9-10,12,17,19,26H,7-8,11,13,16H2,1-4H3/t17-,19-,24-/m1/s1. The van der Waals surface area contributed by atoms with Gasteiger partial charge in [0, 0.05) is 17.9 Å². The minimum Gasteiger partial charge on any atom is -0.386 e. The zero-order valence-corrected chi connectivity index (χ0v) is 16.4. The molecule has 3 atom stereocenters. The average Bonchev–Trinajstić information content (AvgIpc) is 2.58. The predicted octanol–water partition coefficient (Wildman–Crippen LogP) is 5.00. The number of allylic oxidation sites excluding steroid dienone is 2. The van der Waals surface area contributed by atoms with Gasteiger partial charge in [0.2, 0.25) is 0 Å². The Morgan fingerprint density at radius 2 is 2.04 bits per heavy atom. The molecule has 26 heavy (non-hydrogen) atoms. The quantitative estimate of drug-likeness (QED) is 0.762. The van der Waals surface area contributed by atoms with Gasteiger partial charge in [-0.05, 0) is 68.1 Å². The summed E-state index contributed by atoms with van der Waals surface area (Å²) in [5, 5.41) is 10.4. The van der Waals surface area contributed by atoms with Crippen LogP contribution in [0.3, 0.4) is 0 Å². The number of ketones is 1. The summed E-state index contributed by atoms with van der Waals surface area (Å²) >= 11 is 0. The Balaban J connectivity index is 1.89. The summed E-state index contributed by atoms with van der Waals surface area (Å²) in [6.07, 6.45) is 7.03. The van der Waals surface area contributed by atoms with Crippen molar-refractivity contribution >= 4 is 5.78 Å². The molecule has 0 heterocycles. The summed E-state index contributed by atoms with van der Waals surface area (Å²) in [7, 11) is 0. The van der Waals surface area contributed by atoms with Crippen molar-refractivity contribution in [1.82, 2.24) is 0 Å². The van der Waals surface area contributed by atoms with E-state index in [0.717, 1.165) is 42.4 Å². The molecule has 1 aromatic rings. The van der Waals surface area contributed by atoms with Crippen molar-refractivity contribution in [3.05, 3.63) is 47.0 Å². The van der Waals surface area contributed by atoms with Crippen LogP contribution in [0.2, 0.25) is 0 Å². The molecule has 3 rings (SSSR count). The molecule has 138 valence electrons. The third kappa shape index (κ3) is 3.51. The van der Waals surface area contributed by atoms with Crippen LogP contribution in [0.15, 0.2) is 35.9 Å². The number of carbonyl (C=O) groups is 1. The van der Waals surface area contributed by atoms with Crippen LogP contribution in [0.25, 0.3) is 0 Å². The number of Topliss-reactive ketones (excluding diaryl/α,β-unsaturated/α-hetero) is 1. The normalized spacial score (nSPS) is 27.0. The third-order valence-corrected chi connectivity index (χ3v) is 6.28. The van der Waals surface area contributed by atoms with Crippen molar-refractivity contribution in [3.8, 4) is 11.8 Å². The van der Waals surface area contributed by atoms with E-state index in [9.17, 15) is 9.90 Å². The lowest BCUT2D eigenvalue weighted by atomic mass is 9.57. The lowest BCUT2D eigenvalue weighted by Crippen LogP contribution is -2.41. The summed E-state index contributed by atoms with van der Waals surface area (Å²) in [4.78, 5) is 12.4. The van der Waals surface area contributed by atoms with E-state index in [2.05, 4.69) is 31.8 Å². The number of rotatable bonds is 2. The molecule has 2 nitrogen and oxygen atoms in total. The first-order chi connectivity index (χ1) is 12.2. The largest absolute Gasteiger partial charge is 0.386 e. The van der Waals surface area contributed by atoms with E-state index in [1.54, 1.807) is 13.8 Å². The lowest BCUT2D eigenvalue weighted by Gasteiger charge is -2.46. The van der Waals surface area contributed by atoms with Crippen molar-refractivity contribution in [2.75, 3.05) is 0 Å². The minimum absolute atomic E-state index is 0.0303. The fraction of sp³-hybridized carbons (Fsp3) is 0.542. The van der Waals surface area contributed by atoms with E-state index in [0.29, 0.717) is 18.1 Å². The molecule has 1 N–H and O–H groups in total. The van der Waals surface area contributed by atoms with E-state index in [1.807, 2.05) is 24.3 Å². The van der Waals surface area contributed by atoms with Gasteiger partial charge in [0.05, 0.1) is 5.60 Å². The number of aliphatic hydroxyl groups is 1. The molecule has 2 aliphatic carbocycles. The maximum absolute atomic E-state index is 12.4. The first-order valence-electron chi connectivity index (χ1n) is 9.81. The number of fused-ring (bicyclic) bond motifs is 1. The smallest absolute Gasteiger partial charge is 0.159 e. The molecular weight excluding hydrogens is 320 g/mol. The third-order valence-electron chi connectivity index (χ3n) is 6.28. The molecule has 0 aromatic heterocycles. The number of benzene rings is 1. The van der Waals surface area contributed by atoms with Crippen LogP contribution >= 0.6 is 0 Å². The maximum atomic E-state index is 12.4. The molecule has 2 aliphatic rings. The topological polar surface area (TPSA) is 37.3 Å². The molecule has 1 saturated carbocycles. The van der Waals surface area contributed by atoms with E-state index >= 15 is 0 Å². The molecular formula is C24H30O2. The first kappa shape index (κ1) is 18.9. The van der Waals surface area contributed by atoms with Crippen LogP contribution in [-0.2, 0) is 10.4 Å². The Labute approximate surface area is 157 Å². The fourth-order valence-corrected chi connectivity index (χ4v) is 4.88. The maximum Gasteiger partial charge on any atom is 0.159 e. The Hall–Kier alpha value is -1.85. The number of carbonyl (C=O) groups excluding carboxylic acids is 1. The molecule has 0 saturated heterocycles. The lowest BCUT2D eigenvalue weighted by molar-refractivity contribution is -0.119. The van der Waals surface area contributed by atoms with Gasteiger partial charge >= 0.3 is 0 Å². The number of hydrogen-bond donors (Lipinski definition) is 1. The molecule has 0 bridgehead atoms. The monoisotopic (exact) mass is 350 g/mol. The highest BCUT2D eigenvalue weighted by Gasteiger charge is 2.45. The second-order valence-electron chi connectivity index (χ2n) is 8.66. The van der Waals surface area contributed by atoms with E-state index < -0.39 is 5.60 Å². The second-order valence-corrected chi connectivity index (χ2v) is 8.66. The van der Waals surface area contributed by atoms with Gasteiger partial charge in [-0.25, -0.2) is 0 Å². The van der Waals surface area contributed by atoms with Crippen molar-refractivity contribution in [3.63, 3.8) is 0 Å².